The zero-order chi connectivity index (χ0) is 12.4. The fourth-order valence-corrected chi connectivity index (χ4v) is 2.30. The van der Waals surface area contributed by atoms with Crippen molar-refractivity contribution in [3.8, 4) is 5.75 Å². The molecule has 0 aromatic heterocycles. The molecule has 18 heavy (non-hydrogen) atoms. The number of ether oxygens (including phenoxy) is 1. The van der Waals surface area contributed by atoms with E-state index in [1.807, 2.05) is 42.5 Å². The van der Waals surface area contributed by atoms with E-state index in [4.69, 9.17) is 4.74 Å². The van der Waals surface area contributed by atoms with Gasteiger partial charge in [0.2, 0.25) is 0 Å². The highest BCUT2D eigenvalue weighted by Crippen LogP contribution is 2.21. The quantitative estimate of drug-likeness (QED) is 0.648. The SMILES string of the molecule is O=C(Oc1ccc2ccccc2c1)C1CCCN1. The van der Waals surface area contributed by atoms with E-state index in [0.29, 0.717) is 5.75 Å². The van der Waals surface area contributed by atoms with Gasteiger partial charge in [-0.1, -0.05) is 30.3 Å². The molecule has 3 rings (SSSR count). The minimum absolute atomic E-state index is 0.142. The third kappa shape index (κ3) is 2.22. The molecule has 0 radical (unpaired) electrons. The molecule has 0 bridgehead atoms. The lowest BCUT2D eigenvalue weighted by Gasteiger charge is -2.10. The summed E-state index contributed by atoms with van der Waals surface area (Å²) in [6, 6.07) is 13.6. The molecule has 1 atom stereocenters. The maximum absolute atomic E-state index is 11.9. The van der Waals surface area contributed by atoms with Crippen LogP contribution in [0, 0.1) is 0 Å². The molecule has 1 aliphatic rings. The monoisotopic (exact) mass is 241 g/mol. The van der Waals surface area contributed by atoms with E-state index in [-0.39, 0.29) is 12.0 Å². The Balaban J connectivity index is 1.79. The molecule has 3 heteroatoms. The zero-order valence-corrected chi connectivity index (χ0v) is 10.1. The maximum atomic E-state index is 11.9. The van der Waals surface area contributed by atoms with E-state index in [1.165, 1.54) is 0 Å². The van der Waals surface area contributed by atoms with Crippen LogP contribution in [0.15, 0.2) is 42.5 Å². The first-order chi connectivity index (χ1) is 8.83. The van der Waals surface area contributed by atoms with Crippen LogP contribution in [-0.2, 0) is 4.79 Å². The van der Waals surface area contributed by atoms with Gasteiger partial charge < -0.3 is 10.1 Å². The fraction of sp³-hybridized carbons (Fsp3) is 0.267. The Kier molecular flexibility index (Phi) is 2.99. The summed E-state index contributed by atoms with van der Waals surface area (Å²) in [5.74, 6) is 0.440. The third-order valence-electron chi connectivity index (χ3n) is 3.28. The van der Waals surface area contributed by atoms with Crippen molar-refractivity contribution in [3.63, 3.8) is 0 Å². The van der Waals surface area contributed by atoms with Crippen LogP contribution in [0.25, 0.3) is 10.8 Å². The minimum Gasteiger partial charge on any atom is -0.425 e. The van der Waals surface area contributed by atoms with Crippen molar-refractivity contribution in [3.05, 3.63) is 42.5 Å². The summed E-state index contributed by atoms with van der Waals surface area (Å²) < 4.78 is 5.40. The second-order valence-corrected chi connectivity index (χ2v) is 4.58. The van der Waals surface area contributed by atoms with E-state index in [0.717, 1.165) is 30.2 Å². The van der Waals surface area contributed by atoms with E-state index in [1.54, 1.807) is 0 Å². The average molecular weight is 241 g/mol. The fourth-order valence-electron chi connectivity index (χ4n) is 2.30. The van der Waals surface area contributed by atoms with E-state index in [2.05, 4.69) is 5.32 Å². The van der Waals surface area contributed by atoms with Crippen LogP contribution in [0.1, 0.15) is 12.8 Å². The Morgan fingerprint density at radius 3 is 2.78 bits per heavy atom. The number of esters is 1. The number of fused-ring (bicyclic) bond motifs is 1. The first-order valence-electron chi connectivity index (χ1n) is 6.27. The molecular weight excluding hydrogens is 226 g/mol. The summed E-state index contributed by atoms with van der Waals surface area (Å²) >= 11 is 0. The van der Waals surface area contributed by atoms with Gasteiger partial charge in [0.25, 0.3) is 0 Å². The number of benzene rings is 2. The molecule has 1 saturated heterocycles. The number of carbonyl (C=O) groups is 1. The molecule has 2 aromatic rings. The van der Waals surface area contributed by atoms with Crippen molar-refractivity contribution in [2.24, 2.45) is 0 Å². The van der Waals surface area contributed by atoms with Crippen molar-refractivity contribution < 1.29 is 9.53 Å². The van der Waals surface area contributed by atoms with Crippen molar-refractivity contribution in [1.29, 1.82) is 0 Å². The van der Waals surface area contributed by atoms with Crippen LogP contribution in [0.4, 0.5) is 0 Å². The standard InChI is InChI=1S/C15H15NO2/c17-15(14-6-3-9-16-14)18-13-8-7-11-4-1-2-5-12(11)10-13/h1-2,4-5,7-8,10,14,16H,3,6,9H2. The molecule has 0 amide bonds. The minimum atomic E-state index is -0.178. The van der Waals surface area contributed by atoms with Gasteiger partial charge in [-0.15, -0.1) is 0 Å². The van der Waals surface area contributed by atoms with Gasteiger partial charge in [0.05, 0.1) is 0 Å². The van der Waals surface area contributed by atoms with Crippen molar-refractivity contribution in [2.75, 3.05) is 6.54 Å². The van der Waals surface area contributed by atoms with Crippen LogP contribution >= 0.6 is 0 Å². The number of rotatable bonds is 2. The zero-order valence-electron chi connectivity index (χ0n) is 10.1. The highest BCUT2D eigenvalue weighted by molar-refractivity contribution is 5.85. The first-order valence-corrected chi connectivity index (χ1v) is 6.27. The summed E-state index contributed by atoms with van der Waals surface area (Å²) in [5.41, 5.74) is 0. The molecule has 0 spiro atoms. The normalized spacial score (nSPS) is 19.0. The summed E-state index contributed by atoms with van der Waals surface area (Å²) in [4.78, 5) is 11.9. The molecule has 1 fully saturated rings. The van der Waals surface area contributed by atoms with E-state index in [9.17, 15) is 4.79 Å². The number of carbonyl (C=O) groups excluding carboxylic acids is 1. The summed E-state index contributed by atoms with van der Waals surface area (Å²) in [6.45, 7) is 0.900. The molecule has 2 aromatic carbocycles. The molecular formula is C15H15NO2. The van der Waals surface area contributed by atoms with Gasteiger partial charge in [0, 0.05) is 0 Å². The molecule has 92 valence electrons. The molecule has 0 saturated carbocycles. The van der Waals surface area contributed by atoms with E-state index >= 15 is 0 Å². The Morgan fingerprint density at radius 2 is 2.00 bits per heavy atom. The van der Waals surface area contributed by atoms with Crippen molar-refractivity contribution in [2.45, 2.75) is 18.9 Å². The Morgan fingerprint density at radius 1 is 1.17 bits per heavy atom. The Labute approximate surface area is 106 Å². The largest absolute Gasteiger partial charge is 0.425 e. The summed E-state index contributed by atoms with van der Waals surface area (Å²) in [7, 11) is 0. The van der Waals surface area contributed by atoms with Crippen LogP contribution < -0.4 is 10.1 Å². The highest BCUT2D eigenvalue weighted by atomic mass is 16.5. The van der Waals surface area contributed by atoms with Crippen LogP contribution in [0.3, 0.4) is 0 Å². The lowest BCUT2D eigenvalue weighted by Crippen LogP contribution is -2.34. The predicted molar refractivity (Wildman–Crippen MR) is 70.6 cm³/mol. The molecule has 3 nitrogen and oxygen atoms in total. The highest BCUT2D eigenvalue weighted by Gasteiger charge is 2.23. The Hall–Kier alpha value is -1.87. The lowest BCUT2D eigenvalue weighted by molar-refractivity contribution is -0.136. The maximum Gasteiger partial charge on any atom is 0.328 e. The second-order valence-electron chi connectivity index (χ2n) is 4.58. The first kappa shape index (κ1) is 11.2. The van der Waals surface area contributed by atoms with Gasteiger partial charge in [-0.25, -0.2) is 4.79 Å². The van der Waals surface area contributed by atoms with Crippen molar-refractivity contribution >= 4 is 16.7 Å². The molecule has 1 N–H and O–H groups in total. The topological polar surface area (TPSA) is 38.3 Å². The lowest BCUT2D eigenvalue weighted by atomic mass is 10.1. The van der Waals surface area contributed by atoms with Gasteiger partial charge in [-0.2, -0.15) is 0 Å². The second kappa shape index (κ2) is 4.78. The van der Waals surface area contributed by atoms with Crippen LogP contribution in [-0.4, -0.2) is 18.6 Å². The van der Waals surface area contributed by atoms with E-state index < -0.39 is 0 Å². The van der Waals surface area contributed by atoms with Gasteiger partial charge in [-0.3, -0.25) is 0 Å². The predicted octanol–water partition coefficient (Wildman–Crippen LogP) is 2.50. The van der Waals surface area contributed by atoms with Crippen molar-refractivity contribution in [1.82, 2.24) is 5.32 Å². The number of hydrogen-bond acceptors (Lipinski definition) is 3. The molecule has 0 aliphatic carbocycles. The average Bonchev–Trinajstić information content (AvgIpc) is 2.92. The molecule has 1 heterocycles. The summed E-state index contributed by atoms with van der Waals surface area (Å²) in [6.07, 6.45) is 1.91. The third-order valence-corrected chi connectivity index (χ3v) is 3.28. The van der Waals surface area contributed by atoms with Crippen LogP contribution in [0.2, 0.25) is 0 Å². The van der Waals surface area contributed by atoms with Gasteiger partial charge in [0.1, 0.15) is 11.8 Å². The number of nitrogens with one attached hydrogen (secondary N) is 1. The Bertz CT molecular complexity index is 573. The molecule has 1 unspecified atom stereocenters. The smallest absolute Gasteiger partial charge is 0.328 e. The number of hydrogen-bond donors (Lipinski definition) is 1. The van der Waals surface area contributed by atoms with Gasteiger partial charge >= 0.3 is 5.97 Å². The summed E-state index contributed by atoms with van der Waals surface area (Å²) in [5, 5.41) is 5.37. The molecule has 1 aliphatic heterocycles. The van der Waals surface area contributed by atoms with Gasteiger partial charge in [-0.05, 0) is 42.3 Å². The van der Waals surface area contributed by atoms with Crippen LogP contribution in [0.5, 0.6) is 5.75 Å². The van der Waals surface area contributed by atoms with Gasteiger partial charge in [0.15, 0.2) is 0 Å².